The molecule has 0 aliphatic carbocycles. The highest BCUT2D eigenvalue weighted by Crippen LogP contribution is 2.30. The van der Waals surface area contributed by atoms with Gasteiger partial charge in [0.05, 0.1) is 15.1 Å². The second-order valence-corrected chi connectivity index (χ2v) is 6.38. The monoisotopic (exact) mass is 306 g/mol. The third-order valence-electron chi connectivity index (χ3n) is 3.85. The van der Waals surface area contributed by atoms with Crippen LogP contribution in [-0.4, -0.2) is 48.0 Å². The number of hydrogen-bond donors (Lipinski definition) is 0. The Balaban J connectivity index is 1.72. The number of non-ortho nitro benzene ring substituents is 1. The van der Waals surface area contributed by atoms with Crippen LogP contribution in [0.15, 0.2) is 18.2 Å². The van der Waals surface area contributed by atoms with Crippen LogP contribution in [0, 0.1) is 10.1 Å². The maximum Gasteiger partial charge on any atom is 0.270 e. The molecule has 0 atom stereocenters. The fraction of sp³-hybridized carbons (Fsp3) is 0.500. The molecule has 1 saturated heterocycles. The van der Waals surface area contributed by atoms with Crippen molar-refractivity contribution in [2.75, 3.05) is 38.1 Å². The van der Waals surface area contributed by atoms with Gasteiger partial charge in [-0.3, -0.25) is 10.1 Å². The van der Waals surface area contributed by atoms with E-state index in [1.54, 1.807) is 12.1 Å². The van der Waals surface area contributed by atoms with Crippen LogP contribution in [0.25, 0.3) is 10.2 Å². The Bertz CT molecular complexity index is 651. The summed E-state index contributed by atoms with van der Waals surface area (Å²) in [6.45, 7) is 4.37. The van der Waals surface area contributed by atoms with Crippen LogP contribution in [0.4, 0.5) is 10.8 Å². The van der Waals surface area contributed by atoms with Gasteiger partial charge in [0, 0.05) is 32.3 Å². The van der Waals surface area contributed by atoms with Crippen LogP contribution >= 0.6 is 11.3 Å². The van der Waals surface area contributed by atoms with E-state index in [2.05, 4.69) is 14.8 Å². The molecular weight excluding hydrogens is 288 g/mol. The summed E-state index contributed by atoms with van der Waals surface area (Å²) >= 11 is 1.51. The van der Waals surface area contributed by atoms with Gasteiger partial charge in [-0.15, -0.1) is 0 Å². The molecule has 0 unspecified atom stereocenters. The Morgan fingerprint density at radius 3 is 2.90 bits per heavy atom. The van der Waals surface area contributed by atoms with E-state index in [4.69, 9.17) is 0 Å². The molecule has 3 rings (SSSR count). The number of nitrogens with zero attached hydrogens (tertiary/aromatic N) is 4. The number of fused-ring (bicyclic) bond motifs is 1. The summed E-state index contributed by atoms with van der Waals surface area (Å²) in [4.78, 5) is 19.6. The number of anilines is 1. The zero-order chi connectivity index (χ0) is 14.8. The van der Waals surface area contributed by atoms with Crippen LogP contribution in [0.3, 0.4) is 0 Å². The van der Waals surface area contributed by atoms with E-state index < -0.39 is 0 Å². The fourth-order valence-corrected chi connectivity index (χ4v) is 3.56. The van der Waals surface area contributed by atoms with Gasteiger partial charge < -0.3 is 9.80 Å². The predicted molar refractivity (Wildman–Crippen MR) is 85.2 cm³/mol. The first-order valence-electron chi connectivity index (χ1n) is 7.12. The standard InChI is InChI=1S/C14H18N4O2S/c1-16(8-9-17-6-2-3-7-17)14-15-12-5-4-11(18(19)20)10-13(12)21-14/h4-5,10H,2-3,6-9H2,1H3. The van der Waals surface area contributed by atoms with Gasteiger partial charge in [-0.2, -0.15) is 0 Å². The molecule has 1 aliphatic heterocycles. The SMILES string of the molecule is CN(CCN1CCCC1)c1nc2ccc([N+](=O)[O-])cc2s1. The maximum absolute atomic E-state index is 10.8. The summed E-state index contributed by atoms with van der Waals surface area (Å²) < 4.78 is 0.868. The zero-order valence-corrected chi connectivity index (χ0v) is 12.8. The van der Waals surface area contributed by atoms with Gasteiger partial charge in [0.15, 0.2) is 5.13 Å². The highest BCUT2D eigenvalue weighted by molar-refractivity contribution is 7.22. The number of hydrogen-bond acceptors (Lipinski definition) is 6. The Kier molecular flexibility index (Phi) is 4.03. The van der Waals surface area contributed by atoms with Crippen LogP contribution in [0.1, 0.15) is 12.8 Å². The molecule has 2 aromatic rings. The molecular formula is C14H18N4O2S. The van der Waals surface area contributed by atoms with Crippen LogP contribution in [0.5, 0.6) is 0 Å². The van der Waals surface area contributed by atoms with E-state index in [9.17, 15) is 10.1 Å². The summed E-state index contributed by atoms with van der Waals surface area (Å²) in [5, 5.41) is 11.7. The Labute approximate surface area is 127 Å². The highest BCUT2D eigenvalue weighted by Gasteiger charge is 2.15. The molecule has 7 heteroatoms. The minimum atomic E-state index is -0.365. The molecule has 2 heterocycles. The van der Waals surface area contributed by atoms with E-state index in [1.165, 1.54) is 43.3 Å². The predicted octanol–water partition coefficient (Wildman–Crippen LogP) is 2.74. The van der Waals surface area contributed by atoms with Crippen LogP contribution < -0.4 is 4.90 Å². The number of likely N-dealkylation sites (N-methyl/N-ethyl adjacent to an activating group) is 1. The molecule has 1 aromatic heterocycles. The van der Waals surface area contributed by atoms with Gasteiger partial charge >= 0.3 is 0 Å². The quantitative estimate of drug-likeness (QED) is 0.628. The van der Waals surface area contributed by atoms with Crippen LogP contribution in [0.2, 0.25) is 0 Å². The first-order chi connectivity index (χ1) is 10.1. The van der Waals surface area contributed by atoms with Gasteiger partial charge in [-0.05, 0) is 32.0 Å². The Morgan fingerprint density at radius 1 is 1.43 bits per heavy atom. The molecule has 112 valence electrons. The topological polar surface area (TPSA) is 62.5 Å². The summed E-state index contributed by atoms with van der Waals surface area (Å²) in [6.07, 6.45) is 2.60. The van der Waals surface area contributed by atoms with Gasteiger partial charge in [0.2, 0.25) is 0 Å². The van der Waals surface area contributed by atoms with Gasteiger partial charge in [0.1, 0.15) is 0 Å². The van der Waals surface area contributed by atoms with E-state index in [0.717, 1.165) is 28.4 Å². The van der Waals surface area contributed by atoms with Crippen molar-refractivity contribution in [1.82, 2.24) is 9.88 Å². The number of likely N-dealkylation sites (tertiary alicyclic amines) is 1. The minimum absolute atomic E-state index is 0.123. The molecule has 1 fully saturated rings. The van der Waals surface area contributed by atoms with Crippen molar-refractivity contribution in [2.45, 2.75) is 12.8 Å². The van der Waals surface area contributed by atoms with Gasteiger partial charge in [-0.1, -0.05) is 11.3 Å². The van der Waals surface area contributed by atoms with E-state index in [-0.39, 0.29) is 10.6 Å². The average Bonchev–Trinajstić information content (AvgIpc) is 3.12. The van der Waals surface area contributed by atoms with E-state index in [1.807, 2.05) is 7.05 Å². The lowest BCUT2D eigenvalue weighted by Crippen LogP contribution is -2.31. The van der Waals surface area contributed by atoms with E-state index >= 15 is 0 Å². The minimum Gasteiger partial charge on any atom is -0.350 e. The summed E-state index contributed by atoms with van der Waals surface area (Å²) in [5.41, 5.74) is 0.950. The second-order valence-electron chi connectivity index (χ2n) is 5.38. The zero-order valence-electron chi connectivity index (χ0n) is 12.0. The number of aromatic nitrogens is 1. The lowest BCUT2D eigenvalue weighted by molar-refractivity contribution is -0.384. The largest absolute Gasteiger partial charge is 0.350 e. The molecule has 0 N–H and O–H groups in total. The summed E-state index contributed by atoms with van der Waals surface area (Å²) in [5.74, 6) is 0. The van der Waals surface area contributed by atoms with Gasteiger partial charge in [-0.25, -0.2) is 4.98 Å². The Hall–Kier alpha value is -1.73. The number of nitro benzene ring substituents is 1. The van der Waals surface area contributed by atoms with Crippen molar-refractivity contribution in [1.29, 1.82) is 0 Å². The van der Waals surface area contributed by atoms with Crippen molar-refractivity contribution < 1.29 is 4.92 Å². The van der Waals surface area contributed by atoms with E-state index in [0.29, 0.717) is 0 Å². The molecule has 0 spiro atoms. The lowest BCUT2D eigenvalue weighted by Gasteiger charge is -2.20. The second kappa shape index (κ2) is 5.95. The number of benzene rings is 1. The smallest absolute Gasteiger partial charge is 0.270 e. The third-order valence-corrected chi connectivity index (χ3v) is 4.98. The maximum atomic E-state index is 10.8. The van der Waals surface area contributed by atoms with Crippen molar-refractivity contribution in [3.63, 3.8) is 0 Å². The third kappa shape index (κ3) is 3.14. The summed E-state index contributed by atoms with van der Waals surface area (Å²) in [7, 11) is 2.03. The molecule has 0 radical (unpaired) electrons. The first-order valence-corrected chi connectivity index (χ1v) is 7.93. The van der Waals surface area contributed by atoms with Crippen LogP contribution in [-0.2, 0) is 0 Å². The normalized spacial score (nSPS) is 15.7. The van der Waals surface area contributed by atoms with Crippen molar-refractivity contribution in [3.8, 4) is 0 Å². The molecule has 0 bridgehead atoms. The summed E-state index contributed by atoms with van der Waals surface area (Å²) in [6, 6.07) is 4.84. The van der Waals surface area contributed by atoms with Crippen molar-refractivity contribution >= 4 is 32.4 Å². The first kappa shape index (κ1) is 14.2. The molecule has 21 heavy (non-hydrogen) atoms. The lowest BCUT2D eigenvalue weighted by atomic mass is 10.3. The number of nitro groups is 1. The average molecular weight is 306 g/mol. The van der Waals surface area contributed by atoms with Crippen molar-refractivity contribution in [2.24, 2.45) is 0 Å². The molecule has 1 aromatic carbocycles. The van der Waals surface area contributed by atoms with Crippen molar-refractivity contribution in [3.05, 3.63) is 28.3 Å². The molecule has 6 nitrogen and oxygen atoms in total. The molecule has 0 amide bonds. The number of rotatable bonds is 5. The molecule has 0 saturated carbocycles. The van der Waals surface area contributed by atoms with Gasteiger partial charge in [0.25, 0.3) is 5.69 Å². The highest BCUT2D eigenvalue weighted by atomic mass is 32.1. The fourth-order valence-electron chi connectivity index (χ4n) is 2.57. The molecule has 1 aliphatic rings. The number of thiazole rings is 1. The Morgan fingerprint density at radius 2 is 2.19 bits per heavy atom.